The van der Waals surface area contributed by atoms with Crippen LogP contribution in [0.4, 0.5) is 4.39 Å². The number of nitrogens with two attached hydrogens (primary N) is 1. The van der Waals surface area contributed by atoms with Crippen LogP contribution < -0.4 is 10.5 Å². The van der Waals surface area contributed by atoms with Gasteiger partial charge in [-0.2, -0.15) is 0 Å². The molecule has 0 aliphatic heterocycles. The lowest BCUT2D eigenvalue weighted by Gasteiger charge is -2.24. The zero-order chi connectivity index (χ0) is 13.8. The molecule has 2 rings (SSSR count). The summed E-state index contributed by atoms with van der Waals surface area (Å²) in [7, 11) is 0. The Hall–Kier alpha value is -0.910. The van der Waals surface area contributed by atoms with Crippen LogP contribution in [0.5, 0.6) is 5.75 Å². The first-order chi connectivity index (χ1) is 9.11. The molecular formula is C14H15BrFNOS. The first-order valence-corrected chi connectivity index (χ1v) is 7.69. The first kappa shape index (κ1) is 14.5. The predicted molar refractivity (Wildman–Crippen MR) is 80.1 cm³/mol. The molecule has 0 saturated heterocycles. The number of rotatable bonds is 5. The minimum atomic E-state index is -0.299. The molecule has 2 nitrogen and oxygen atoms in total. The summed E-state index contributed by atoms with van der Waals surface area (Å²) in [6.07, 6.45) is 0.591. The fraction of sp³-hybridized carbons (Fsp3) is 0.286. The van der Waals surface area contributed by atoms with Crippen molar-refractivity contribution < 1.29 is 9.13 Å². The van der Waals surface area contributed by atoms with Crippen molar-refractivity contribution in [3.05, 3.63) is 50.9 Å². The van der Waals surface area contributed by atoms with E-state index in [9.17, 15) is 4.39 Å². The van der Waals surface area contributed by atoms with Gasteiger partial charge in [0.2, 0.25) is 0 Å². The Labute approximate surface area is 124 Å². The Kier molecular flexibility index (Phi) is 4.96. The Morgan fingerprint density at radius 3 is 2.79 bits per heavy atom. The maximum Gasteiger partial charge on any atom is 0.148 e. The fourth-order valence-electron chi connectivity index (χ4n) is 1.73. The van der Waals surface area contributed by atoms with Crippen molar-refractivity contribution in [2.45, 2.75) is 25.5 Å². The third-order valence-electron chi connectivity index (χ3n) is 2.83. The summed E-state index contributed by atoms with van der Waals surface area (Å²) in [5.74, 6) is 0.301. The monoisotopic (exact) mass is 343 g/mol. The van der Waals surface area contributed by atoms with Gasteiger partial charge in [0.05, 0.1) is 4.47 Å². The summed E-state index contributed by atoms with van der Waals surface area (Å²) in [5.41, 5.74) is 6.13. The molecule has 0 fully saturated rings. The summed E-state index contributed by atoms with van der Waals surface area (Å²) in [6, 6.07) is 8.25. The molecule has 0 spiro atoms. The van der Waals surface area contributed by atoms with Crippen LogP contribution in [-0.4, -0.2) is 6.04 Å². The average Bonchev–Trinajstić information content (AvgIpc) is 2.91. The van der Waals surface area contributed by atoms with Gasteiger partial charge in [-0.15, -0.1) is 11.3 Å². The van der Waals surface area contributed by atoms with Gasteiger partial charge in [0, 0.05) is 10.9 Å². The Morgan fingerprint density at radius 2 is 2.21 bits per heavy atom. The summed E-state index contributed by atoms with van der Waals surface area (Å²) < 4.78 is 19.6. The molecule has 2 atom stereocenters. The van der Waals surface area contributed by atoms with Crippen molar-refractivity contribution in [3.63, 3.8) is 0 Å². The van der Waals surface area contributed by atoms with E-state index in [2.05, 4.69) is 15.9 Å². The number of thiophene rings is 1. The molecule has 0 bridgehead atoms. The summed E-state index contributed by atoms with van der Waals surface area (Å²) >= 11 is 4.92. The number of ether oxygens (including phenoxy) is 1. The van der Waals surface area contributed by atoms with Crippen LogP contribution in [0.2, 0.25) is 0 Å². The van der Waals surface area contributed by atoms with Crippen LogP contribution in [0, 0.1) is 5.82 Å². The van der Waals surface area contributed by atoms with Gasteiger partial charge < -0.3 is 10.5 Å². The molecule has 2 N–H and O–H groups in total. The second kappa shape index (κ2) is 6.50. The first-order valence-electron chi connectivity index (χ1n) is 6.02. The van der Waals surface area contributed by atoms with Crippen molar-refractivity contribution >= 4 is 27.3 Å². The zero-order valence-corrected chi connectivity index (χ0v) is 12.9. The largest absolute Gasteiger partial charge is 0.482 e. The van der Waals surface area contributed by atoms with Gasteiger partial charge in [-0.25, -0.2) is 4.39 Å². The second-order valence-electron chi connectivity index (χ2n) is 4.20. The van der Waals surface area contributed by atoms with Crippen molar-refractivity contribution in [3.8, 4) is 5.75 Å². The second-order valence-corrected chi connectivity index (χ2v) is 6.03. The molecule has 2 aromatic rings. The summed E-state index contributed by atoms with van der Waals surface area (Å²) in [6.45, 7) is 2.02. The SMILES string of the molecule is CCC(N)C(Oc1ccc(F)cc1Br)c1cccs1. The molecule has 0 aliphatic carbocycles. The third kappa shape index (κ3) is 3.55. The Bertz CT molecular complexity index is 532. The van der Waals surface area contributed by atoms with E-state index >= 15 is 0 Å². The van der Waals surface area contributed by atoms with Crippen LogP contribution in [0.25, 0.3) is 0 Å². The molecule has 0 saturated carbocycles. The molecule has 2 unspecified atom stereocenters. The lowest BCUT2D eigenvalue weighted by molar-refractivity contribution is 0.173. The number of hydrogen-bond donors (Lipinski definition) is 1. The van der Waals surface area contributed by atoms with E-state index in [1.165, 1.54) is 12.1 Å². The highest BCUT2D eigenvalue weighted by atomic mass is 79.9. The molecule has 1 aromatic heterocycles. The van der Waals surface area contributed by atoms with E-state index in [-0.39, 0.29) is 18.0 Å². The lowest BCUT2D eigenvalue weighted by Crippen LogP contribution is -2.31. The Balaban J connectivity index is 2.25. The molecular weight excluding hydrogens is 329 g/mol. The highest BCUT2D eigenvalue weighted by Crippen LogP contribution is 2.33. The van der Waals surface area contributed by atoms with Crippen LogP contribution in [0.15, 0.2) is 40.2 Å². The molecule has 5 heteroatoms. The van der Waals surface area contributed by atoms with Crippen molar-refractivity contribution in [2.75, 3.05) is 0 Å². The van der Waals surface area contributed by atoms with Gasteiger partial charge in [-0.05, 0) is 52.0 Å². The number of hydrogen-bond acceptors (Lipinski definition) is 3. The van der Waals surface area contributed by atoms with E-state index in [1.807, 2.05) is 24.4 Å². The van der Waals surface area contributed by atoms with Gasteiger partial charge in [-0.1, -0.05) is 13.0 Å². The van der Waals surface area contributed by atoms with Gasteiger partial charge in [0.1, 0.15) is 17.7 Å². The van der Waals surface area contributed by atoms with E-state index in [1.54, 1.807) is 17.4 Å². The fourth-order valence-corrected chi connectivity index (χ4v) is 3.00. The van der Waals surface area contributed by atoms with Crippen molar-refractivity contribution in [1.29, 1.82) is 0 Å². The van der Waals surface area contributed by atoms with E-state index in [0.29, 0.717) is 10.2 Å². The zero-order valence-electron chi connectivity index (χ0n) is 10.5. The maximum atomic E-state index is 13.1. The molecule has 102 valence electrons. The van der Waals surface area contributed by atoms with Crippen molar-refractivity contribution in [1.82, 2.24) is 0 Å². The van der Waals surface area contributed by atoms with Crippen LogP contribution in [-0.2, 0) is 0 Å². The van der Waals surface area contributed by atoms with E-state index in [4.69, 9.17) is 10.5 Å². The van der Waals surface area contributed by atoms with Gasteiger partial charge in [0.15, 0.2) is 0 Å². The maximum absolute atomic E-state index is 13.1. The lowest BCUT2D eigenvalue weighted by atomic mass is 10.1. The molecule has 19 heavy (non-hydrogen) atoms. The minimum Gasteiger partial charge on any atom is -0.482 e. The van der Waals surface area contributed by atoms with Crippen molar-refractivity contribution in [2.24, 2.45) is 5.73 Å². The molecule has 1 aromatic carbocycles. The highest BCUT2D eigenvalue weighted by Gasteiger charge is 2.22. The average molecular weight is 344 g/mol. The van der Waals surface area contributed by atoms with E-state index in [0.717, 1.165) is 11.3 Å². The van der Waals surface area contributed by atoms with Crippen LogP contribution >= 0.6 is 27.3 Å². The smallest absolute Gasteiger partial charge is 0.148 e. The summed E-state index contributed by atoms with van der Waals surface area (Å²) in [5, 5.41) is 1.99. The van der Waals surface area contributed by atoms with Gasteiger partial charge in [0.25, 0.3) is 0 Å². The van der Waals surface area contributed by atoms with Crippen LogP contribution in [0.1, 0.15) is 24.3 Å². The van der Waals surface area contributed by atoms with E-state index < -0.39 is 0 Å². The minimum absolute atomic E-state index is 0.101. The Morgan fingerprint density at radius 1 is 1.42 bits per heavy atom. The normalized spacial score (nSPS) is 14.1. The number of benzene rings is 1. The molecule has 0 amide bonds. The quantitative estimate of drug-likeness (QED) is 0.866. The van der Waals surface area contributed by atoms with Gasteiger partial charge >= 0.3 is 0 Å². The molecule has 1 heterocycles. The molecule has 0 aliphatic rings. The third-order valence-corrected chi connectivity index (χ3v) is 4.39. The predicted octanol–water partition coefficient (Wildman–Crippen LogP) is 4.51. The topological polar surface area (TPSA) is 35.2 Å². The standard InChI is InChI=1S/C14H15BrFNOS/c1-2-11(17)14(13-4-3-7-19-13)18-12-6-5-9(16)8-10(12)15/h3-8,11,14H,2,17H2,1H3. The molecule has 0 radical (unpaired) electrons. The summed E-state index contributed by atoms with van der Waals surface area (Å²) in [4.78, 5) is 1.07. The highest BCUT2D eigenvalue weighted by molar-refractivity contribution is 9.10. The number of halogens is 2. The van der Waals surface area contributed by atoms with Crippen LogP contribution in [0.3, 0.4) is 0 Å². The van der Waals surface area contributed by atoms with Gasteiger partial charge in [-0.3, -0.25) is 0 Å².